The molecule has 1 heterocycles. The lowest BCUT2D eigenvalue weighted by molar-refractivity contribution is 0.546. The molecule has 0 nitrogen and oxygen atoms in total. The van der Waals surface area contributed by atoms with Crippen molar-refractivity contribution < 1.29 is 0 Å². The molecule has 1 unspecified atom stereocenters. The summed E-state index contributed by atoms with van der Waals surface area (Å²) in [7, 11) is 0.00462. The summed E-state index contributed by atoms with van der Waals surface area (Å²) < 4.78 is 0. The van der Waals surface area contributed by atoms with Crippen molar-refractivity contribution in [3.63, 3.8) is 0 Å². The third-order valence-electron chi connectivity index (χ3n) is 9.99. The highest BCUT2D eigenvalue weighted by atomic mass is 31.1. The minimum atomic E-state index is 0.00462. The second-order valence-electron chi connectivity index (χ2n) is 14.2. The van der Waals surface area contributed by atoms with Crippen molar-refractivity contribution in [2.75, 3.05) is 0 Å². The van der Waals surface area contributed by atoms with E-state index in [2.05, 4.69) is 33.5 Å². The van der Waals surface area contributed by atoms with Gasteiger partial charge in [0.15, 0.2) is 0 Å². The summed E-state index contributed by atoms with van der Waals surface area (Å²) >= 11 is 0. The average Bonchev–Trinajstić information content (AvgIpc) is 3.34. The van der Waals surface area contributed by atoms with Crippen molar-refractivity contribution in [2.45, 2.75) is 246 Å². The van der Waals surface area contributed by atoms with E-state index in [4.69, 9.17) is 0 Å². The standard InChI is InChI=1S/C42H81P/c1-5-9-13-17-21-22-23-24-25-26-30-34-38-43-39-40(35-31-27-18-14-10-6-2)41(36-32-28-19-15-11-7-3)42(43)37-33-29-20-16-12-8-4/h39H,5-38H2,1-4H3. The fourth-order valence-corrected chi connectivity index (χ4v) is 9.92. The summed E-state index contributed by atoms with van der Waals surface area (Å²) in [4.78, 5) is 0. The summed E-state index contributed by atoms with van der Waals surface area (Å²) in [6, 6.07) is 0. The lowest BCUT2D eigenvalue weighted by atomic mass is 9.96. The Labute approximate surface area is 274 Å². The first-order chi connectivity index (χ1) is 21.3. The van der Waals surface area contributed by atoms with Gasteiger partial charge in [0.1, 0.15) is 0 Å². The Kier molecular flexibility index (Phi) is 30.1. The summed E-state index contributed by atoms with van der Waals surface area (Å²) in [6.07, 6.45) is 49.1. The van der Waals surface area contributed by atoms with Crippen molar-refractivity contribution in [1.29, 1.82) is 0 Å². The predicted molar refractivity (Wildman–Crippen MR) is 201 cm³/mol. The second-order valence-corrected chi connectivity index (χ2v) is 16.4. The van der Waals surface area contributed by atoms with Crippen LogP contribution in [0.1, 0.15) is 237 Å². The zero-order valence-electron chi connectivity index (χ0n) is 30.6. The van der Waals surface area contributed by atoms with Gasteiger partial charge in [-0.15, -0.1) is 7.53 Å². The molecule has 0 spiro atoms. The molecule has 0 amide bonds. The van der Waals surface area contributed by atoms with Crippen LogP contribution in [0.5, 0.6) is 0 Å². The van der Waals surface area contributed by atoms with Gasteiger partial charge in [-0.25, -0.2) is 0 Å². The Morgan fingerprint density at radius 2 is 0.674 bits per heavy atom. The minimum Gasteiger partial charge on any atom is -0.121 e. The van der Waals surface area contributed by atoms with Gasteiger partial charge in [0, 0.05) is 0 Å². The number of hydrogen-bond donors (Lipinski definition) is 0. The minimum absolute atomic E-state index is 0.00462. The fourth-order valence-electron chi connectivity index (χ4n) is 7.09. The first-order valence-electron chi connectivity index (χ1n) is 20.5. The van der Waals surface area contributed by atoms with Gasteiger partial charge < -0.3 is 0 Å². The SMILES string of the molecule is CCCCCCCCCCCCCCp1cc(CCCCCCCC)c(CCCCCCCC)c1CCCCCCCC. The zero-order valence-corrected chi connectivity index (χ0v) is 31.5. The van der Waals surface area contributed by atoms with E-state index < -0.39 is 0 Å². The maximum absolute atomic E-state index is 2.89. The lowest BCUT2D eigenvalue weighted by Crippen LogP contribution is -1.97. The van der Waals surface area contributed by atoms with Gasteiger partial charge in [0.05, 0.1) is 0 Å². The number of aryl methyl sites for hydroxylation is 2. The molecule has 0 aliphatic carbocycles. The Balaban J connectivity index is 2.69. The van der Waals surface area contributed by atoms with Crippen molar-refractivity contribution in [1.82, 2.24) is 0 Å². The fraction of sp³-hybridized carbons (Fsp3) is 0.905. The van der Waals surface area contributed by atoms with Gasteiger partial charge in [-0.1, -0.05) is 195 Å². The van der Waals surface area contributed by atoms with Crippen LogP contribution in [0.15, 0.2) is 5.80 Å². The molecule has 0 bridgehead atoms. The Morgan fingerprint density at radius 1 is 0.349 bits per heavy atom. The third-order valence-corrected chi connectivity index (χ3v) is 12.6. The quantitative estimate of drug-likeness (QED) is 0.0676. The zero-order chi connectivity index (χ0) is 31.1. The summed E-state index contributed by atoms with van der Waals surface area (Å²) in [6.45, 7) is 9.35. The molecule has 0 fully saturated rings. The van der Waals surface area contributed by atoms with Crippen molar-refractivity contribution >= 4 is 7.53 Å². The number of hydrogen-bond acceptors (Lipinski definition) is 0. The van der Waals surface area contributed by atoms with Crippen LogP contribution < -0.4 is 0 Å². The van der Waals surface area contributed by atoms with E-state index in [9.17, 15) is 0 Å². The van der Waals surface area contributed by atoms with Gasteiger partial charge in [-0.2, -0.15) is 0 Å². The smallest absolute Gasteiger partial charge is 0.0138 e. The predicted octanol–water partition coefficient (Wildman–Crippen LogP) is 16.1. The van der Waals surface area contributed by atoms with Crippen molar-refractivity contribution in [2.24, 2.45) is 0 Å². The third kappa shape index (κ3) is 22.9. The van der Waals surface area contributed by atoms with Gasteiger partial charge in [0.25, 0.3) is 0 Å². The number of rotatable bonds is 34. The summed E-state index contributed by atoms with van der Waals surface area (Å²) in [5.74, 6) is 2.89. The van der Waals surface area contributed by atoms with Crippen LogP contribution in [0.25, 0.3) is 0 Å². The monoisotopic (exact) mass is 617 g/mol. The van der Waals surface area contributed by atoms with Gasteiger partial charge >= 0.3 is 0 Å². The molecule has 0 aliphatic rings. The Morgan fingerprint density at radius 3 is 1.09 bits per heavy atom. The van der Waals surface area contributed by atoms with Crippen LogP contribution in [-0.2, 0) is 25.4 Å². The topological polar surface area (TPSA) is 0 Å². The molecule has 254 valence electrons. The normalized spacial score (nSPS) is 12.0. The molecule has 0 N–H and O–H groups in total. The van der Waals surface area contributed by atoms with Crippen LogP contribution in [0.3, 0.4) is 0 Å². The summed E-state index contributed by atoms with van der Waals surface area (Å²) in [5.41, 5.74) is 3.75. The molecule has 0 saturated carbocycles. The highest BCUT2D eigenvalue weighted by Crippen LogP contribution is 2.44. The highest BCUT2D eigenvalue weighted by molar-refractivity contribution is 7.49. The molecule has 1 atom stereocenters. The van der Waals surface area contributed by atoms with Crippen LogP contribution in [0.2, 0.25) is 0 Å². The van der Waals surface area contributed by atoms with Gasteiger partial charge in [-0.05, 0) is 73.3 Å². The molecule has 0 radical (unpaired) electrons. The largest absolute Gasteiger partial charge is 0.121 e. The molecule has 0 aromatic carbocycles. The van der Waals surface area contributed by atoms with E-state index in [1.807, 2.05) is 16.4 Å². The Bertz CT molecular complexity index is 685. The second kappa shape index (κ2) is 31.7. The van der Waals surface area contributed by atoms with Gasteiger partial charge in [-0.3, -0.25) is 0 Å². The molecule has 0 aliphatic heterocycles. The highest BCUT2D eigenvalue weighted by Gasteiger charge is 2.16. The molecule has 1 aromatic heterocycles. The summed E-state index contributed by atoms with van der Waals surface area (Å²) in [5, 5.41) is 1.99. The van der Waals surface area contributed by atoms with Crippen LogP contribution in [0.4, 0.5) is 0 Å². The molecule has 1 aromatic rings. The van der Waals surface area contributed by atoms with E-state index in [0.29, 0.717) is 0 Å². The first-order valence-corrected chi connectivity index (χ1v) is 22.1. The first kappa shape index (κ1) is 40.8. The van der Waals surface area contributed by atoms with Crippen LogP contribution in [0, 0.1) is 0 Å². The molecule has 1 rings (SSSR count). The molecular weight excluding hydrogens is 535 g/mol. The van der Waals surface area contributed by atoms with E-state index in [-0.39, 0.29) is 7.53 Å². The van der Waals surface area contributed by atoms with E-state index in [1.165, 1.54) is 218 Å². The van der Waals surface area contributed by atoms with E-state index >= 15 is 0 Å². The van der Waals surface area contributed by atoms with Crippen LogP contribution in [-0.4, -0.2) is 0 Å². The van der Waals surface area contributed by atoms with Crippen LogP contribution >= 0.6 is 7.53 Å². The molecule has 0 saturated heterocycles. The Hall–Kier alpha value is -0.220. The van der Waals surface area contributed by atoms with E-state index in [0.717, 1.165) is 0 Å². The lowest BCUT2D eigenvalue weighted by Gasteiger charge is -2.12. The van der Waals surface area contributed by atoms with Crippen molar-refractivity contribution in [3.8, 4) is 0 Å². The van der Waals surface area contributed by atoms with Gasteiger partial charge in [0.2, 0.25) is 0 Å². The molecular formula is C42H81P. The molecule has 1 heteroatoms. The maximum atomic E-state index is 2.89. The molecule has 43 heavy (non-hydrogen) atoms. The number of unbranched alkanes of at least 4 members (excludes halogenated alkanes) is 26. The average molecular weight is 617 g/mol. The maximum Gasteiger partial charge on any atom is -0.0138 e. The van der Waals surface area contributed by atoms with E-state index in [1.54, 1.807) is 0 Å². The van der Waals surface area contributed by atoms with Crippen molar-refractivity contribution in [3.05, 3.63) is 22.2 Å².